The minimum atomic E-state index is -1.58. The van der Waals surface area contributed by atoms with Crippen molar-refractivity contribution in [3.05, 3.63) is 53.1 Å². The molecule has 10 nitrogen and oxygen atoms in total. The summed E-state index contributed by atoms with van der Waals surface area (Å²) < 4.78 is 27.5. The Hall–Kier alpha value is -4.02. The molecule has 3 N–H and O–H groups in total. The van der Waals surface area contributed by atoms with Gasteiger partial charge in [-0.1, -0.05) is 47.1 Å². The second-order valence-electron chi connectivity index (χ2n) is 20.8. The summed E-state index contributed by atoms with van der Waals surface area (Å²) in [6.45, 7) is 15.8. The minimum Gasteiger partial charge on any atom is -0.497 e. The van der Waals surface area contributed by atoms with Crippen molar-refractivity contribution in [2.75, 3.05) is 27.9 Å². The summed E-state index contributed by atoms with van der Waals surface area (Å²) >= 11 is 0. The van der Waals surface area contributed by atoms with Crippen molar-refractivity contribution in [2.24, 2.45) is 50.2 Å². The SMILES string of the molecule is CC1(C(=O)O)CCC2(C)CCC3(C)C(=CC(=O)C4C5(C)CCC(O)C(C)(C)C5CCC43C)C2C1.COc1ccc2c(c1)OC1(O)COc3cc(OC)c(OC)cc3C1=C2. The second-order valence-corrected chi connectivity index (χ2v) is 20.8. The summed E-state index contributed by atoms with van der Waals surface area (Å²) in [6, 6.07) is 9.00. The van der Waals surface area contributed by atoms with Gasteiger partial charge in [0.15, 0.2) is 23.9 Å². The van der Waals surface area contributed by atoms with Gasteiger partial charge in [-0.05, 0) is 134 Å². The van der Waals surface area contributed by atoms with Crippen LogP contribution in [0.3, 0.4) is 0 Å². The van der Waals surface area contributed by atoms with Crippen molar-refractivity contribution in [2.45, 2.75) is 118 Å². The molecule has 0 radical (unpaired) electrons. The van der Waals surface area contributed by atoms with Crippen LogP contribution in [0.2, 0.25) is 0 Å². The molecule has 0 amide bonds. The van der Waals surface area contributed by atoms with Crippen LogP contribution in [0.4, 0.5) is 0 Å². The number of fused-ring (bicyclic) bond motifs is 11. The van der Waals surface area contributed by atoms with E-state index in [1.165, 1.54) is 5.57 Å². The molecule has 320 valence electrons. The van der Waals surface area contributed by atoms with Crippen molar-refractivity contribution >= 4 is 23.4 Å². The Morgan fingerprint density at radius 1 is 0.814 bits per heavy atom. The molecule has 4 fully saturated rings. The van der Waals surface area contributed by atoms with E-state index in [2.05, 4.69) is 41.5 Å². The topological polar surface area (TPSA) is 141 Å². The van der Waals surface area contributed by atoms with E-state index in [9.17, 15) is 24.9 Å². The number of rotatable bonds is 4. The van der Waals surface area contributed by atoms with Gasteiger partial charge in [0, 0.05) is 34.8 Å². The molecule has 9 rings (SSSR count). The number of aliphatic hydroxyl groups excluding tert-OH is 1. The predicted molar refractivity (Wildman–Crippen MR) is 225 cm³/mol. The smallest absolute Gasteiger partial charge is 0.309 e. The molecule has 0 aromatic heterocycles. The van der Waals surface area contributed by atoms with Gasteiger partial charge >= 0.3 is 5.97 Å². The number of methoxy groups -OCH3 is 3. The summed E-state index contributed by atoms with van der Waals surface area (Å²) in [5.41, 5.74) is 2.31. The molecule has 59 heavy (non-hydrogen) atoms. The van der Waals surface area contributed by atoms with Crippen LogP contribution in [0.1, 0.15) is 117 Å². The van der Waals surface area contributed by atoms with Gasteiger partial charge in [-0.3, -0.25) is 9.59 Å². The third kappa shape index (κ3) is 5.99. The van der Waals surface area contributed by atoms with Crippen LogP contribution in [-0.2, 0) is 9.59 Å². The lowest BCUT2D eigenvalue weighted by molar-refractivity contribution is -0.202. The molecule has 2 aromatic rings. The van der Waals surface area contributed by atoms with E-state index in [1.54, 1.807) is 39.5 Å². The molecule has 5 aliphatic carbocycles. The Balaban J connectivity index is 0.000000172. The monoisotopic (exact) mass is 812 g/mol. The van der Waals surface area contributed by atoms with Crippen LogP contribution in [0.5, 0.6) is 28.7 Å². The largest absolute Gasteiger partial charge is 0.497 e. The third-order valence-electron chi connectivity index (χ3n) is 17.5. The highest BCUT2D eigenvalue weighted by Gasteiger charge is 2.70. The van der Waals surface area contributed by atoms with E-state index in [4.69, 9.17) is 23.7 Å². The average Bonchev–Trinajstić information content (AvgIpc) is 3.19. The second kappa shape index (κ2) is 13.7. The zero-order chi connectivity index (χ0) is 42.7. The molecule has 10 atom stereocenters. The molecule has 0 bridgehead atoms. The first-order chi connectivity index (χ1) is 27.6. The molecular weight excluding hydrogens is 749 g/mol. The first kappa shape index (κ1) is 41.7. The predicted octanol–water partition coefficient (Wildman–Crippen LogP) is 9.14. The number of aliphatic hydroxyl groups is 2. The lowest BCUT2D eigenvalue weighted by atomic mass is 9.33. The number of carboxylic acids is 1. The number of ether oxygens (including phenoxy) is 5. The molecule has 2 aromatic carbocycles. The maximum atomic E-state index is 14.2. The fourth-order valence-electron chi connectivity index (χ4n) is 13.5. The summed E-state index contributed by atoms with van der Waals surface area (Å²) in [6.07, 6.45) is 11.8. The van der Waals surface area contributed by atoms with Gasteiger partial charge in [0.1, 0.15) is 17.2 Å². The Bertz CT molecular complexity index is 2140. The van der Waals surface area contributed by atoms with E-state index in [-0.39, 0.29) is 57.4 Å². The van der Waals surface area contributed by atoms with Gasteiger partial charge in [-0.25, -0.2) is 0 Å². The van der Waals surface area contributed by atoms with Gasteiger partial charge in [0.25, 0.3) is 5.79 Å². The van der Waals surface area contributed by atoms with Crippen molar-refractivity contribution in [3.63, 3.8) is 0 Å². The minimum absolute atomic E-state index is 0.0296. The van der Waals surface area contributed by atoms with Crippen LogP contribution < -0.4 is 23.7 Å². The van der Waals surface area contributed by atoms with Crippen LogP contribution in [-0.4, -0.2) is 66.9 Å². The van der Waals surface area contributed by atoms with Crippen molar-refractivity contribution in [3.8, 4) is 28.7 Å². The number of carbonyl (C=O) groups is 2. The molecule has 0 saturated heterocycles. The molecular formula is C49H64O10. The Morgan fingerprint density at radius 3 is 2.19 bits per heavy atom. The highest BCUT2D eigenvalue weighted by molar-refractivity contribution is 5.96. The number of carboxylic acid groups (broad SMARTS) is 1. The van der Waals surface area contributed by atoms with E-state index in [1.807, 2.05) is 31.2 Å². The van der Waals surface area contributed by atoms with Crippen molar-refractivity contribution < 1.29 is 48.6 Å². The number of aliphatic carboxylic acids is 1. The summed E-state index contributed by atoms with van der Waals surface area (Å²) in [7, 11) is 4.71. The van der Waals surface area contributed by atoms with Gasteiger partial charge in [-0.2, -0.15) is 0 Å². The van der Waals surface area contributed by atoms with Crippen LogP contribution >= 0.6 is 0 Å². The Kier molecular flexibility index (Phi) is 9.72. The fourth-order valence-corrected chi connectivity index (χ4v) is 13.5. The molecule has 4 saturated carbocycles. The maximum Gasteiger partial charge on any atom is 0.309 e. The number of ketones is 1. The Labute approximate surface area is 349 Å². The molecule has 10 unspecified atom stereocenters. The number of hydrogen-bond donors (Lipinski definition) is 3. The zero-order valence-corrected chi connectivity index (χ0v) is 36.6. The average molecular weight is 813 g/mol. The number of hydrogen-bond acceptors (Lipinski definition) is 9. The molecule has 2 aliphatic heterocycles. The van der Waals surface area contributed by atoms with E-state index >= 15 is 0 Å². The summed E-state index contributed by atoms with van der Waals surface area (Å²) in [5, 5.41) is 31.9. The third-order valence-corrected chi connectivity index (χ3v) is 17.5. The Morgan fingerprint density at radius 2 is 1.51 bits per heavy atom. The van der Waals surface area contributed by atoms with Gasteiger partial charge < -0.3 is 39.0 Å². The lowest BCUT2D eigenvalue weighted by Crippen LogP contribution is -2.66. The molecule has 10 heteroatoms. The molecule has 2 heterocycles. The van der Waals surface area contributed by atoms with Crippen LogP contribution in [0.25, 0.3) is 11.6 Å². The highest BCUT2D eigenvalue weighted by Crippen LogP contribution is 2.75. The first-order valence-electron chi connectivity index (χ1n) is 21.5. The molecule has 7 aliphatic rings. The lowest BCUT2D eigenvalue weighted by Gasteiger charge is -2.70. The number of carbonyl (C=O) groups excluding carboxylic acids is 1. The van der Waals surface area contributed by atoms with Crippen molar-refractivity contribution in [1.29, 1.82) is 0 Å². The quantitative estimate of drug-likeness (QED) is 0.274. The standard InChI is InChI=1S/C30H46O4.C19H18O6/c1-25(2)21-8-11-30(7)23(28(21,5)10-9-22(25)32)20(31)16-18-19-17-27(4,24(33)34)13-12-26(19,3)14-15-29(18,30)6;1-21-12-5-4-11-6-14-13-8-17(22-2)18(23-3)9-16(13)24-10-19(14,20)25-15(11)7-12/h16,19,21-23,32H,8-15,17H2,1-7H3,(H,33,34);4-9,20H,10H2,1-3H3. The van der Waals surface area contributed by atoms with E-state index < -0.39 is 17.2 Å². The molecule has 0 spiro atoms. The summed E-state index contributed by atoms with van der Waals surface area (Å²) in [4.78, 5) is 26.4. The zero-order valence-electron chi connectivity index (χ0n) is 36.6. The highest BCUT2D eigenvalue weighted by atomic mass is 16.7. The number of allylic oxidation sites excluding steroid dienone is 2. The van der Waals surface area contributed by atoms with Crippen LogP contribution in [0.15, 0.2) is 42.0 Å². The van der Waals surface area contributed by atoms with Gasteiger partial charge in [0.05, 0.1) is 32.8 Å². The van der Waals surface area contributed by atoms with E-state index in [0.29, 0.717) is 52.2 Å². The maximum absolute atomic E-state index is 14.2. The van der Waals surface area contributed by atoms with Crippen LogP contribution in [0, 0.1) is 50.2 Å². The first-order valence-corrected chi connectivity index (χ1v) is 21.5. The van der Waals surface area contributed by atoms with Gasteiger partial charge in [-0.15, -0.1) is 0 Å². The number of benzene rings is 2. The van der Waals surface area contributed by atoms with Gasteiger partial charge in [0.2, 0.25) is 0 Å². The fraction of sp³-hybridized carbons (Fsp3) is 0.633. The van der Waals surface area contributed by atoms with Crippen molar-refractivity contribution in [1.82, 2.24) is 0 Å². The normalized spacial score (nSPS) is 39.7. The summed E-state index contributed by atoms with van der Waals surface area (Å²) in [5.74, 6) is 1.40. The van der Waals surface area contributed by atoms with E-state index in [0.717, 1.165) is 56.9 Å².